The van der Waals surface area contributed by atoms with E-state index >= 15 is 0 Å². The van der Waals surface area contributed by atoms with Crippen LogP contribution in [0.15, 0.2) is 24.3 Å². The Kier molecular flexibility index (Phi) is 4.43. The van der Waals surface area contributed by atoms with Gasteiger partial charge in [-0.15, -0.1) is 0 Å². The lowest BCUT2D eigenvalue weighted by Crippen LogP contribution is -2.39. The molecule has 0 aliphatic carbocycles. The summed E-state index contributed by atoms with van der Waals surface area (Å²) in [5.74, 6) is 0.547. The van der Waals surface area contributed by atoms with E-state index in [-0.39, 0.29) is 6.04 Å². The third-order valence-corrected chi connectivity index (χ3v) is 3.91. The Labute approximate surface area is 114 Å². The number of para-hydroxylation sites is 1. The first-order valence-corrected chi connectivity index (χ1v) is 6.77. The Balaban J connectivity index is 2.11. The van der Waals surface area contributed by atoms with E-state index in [0.29, 0.717) is 12.3 Å². The fraction of sp³-hybridized carbons (Fsp3) is 0.533. The van der Waals surface area contributed by atoms with Crippen LogP contribution in [0.5, 0.6) is 5.75 Å². The Morgan fingerprint density at radius 1 is 1.53 bits per heavy atom. The molecule has 1 aromatic carbocycles. The summed E-state index contributed by atoms with van der Waals surface area (Å²) >= 11 is 0. The van der Waals surface area contributed by atoms with Crippen molar-refractivity contribution < 1.29 is 14.6 Å². The maximum Gasteiger partial charge on any atom is 0.320 e. The van der Waals surface area contributed by atoms with E-state index in [1.54, 1.807) is 7.11 Å². The van der Waals surface area contributed by atoms with Gasteiger partial charge in [-0.2, -0.15) is 0 Å². The van der Waals surface area contributed by atoms with Gasteiger partial charge < -0.3 is 9.84 Å². The van der Waals surface area contributed by atoms with Crippen LogP contribution in [0.25, 0.3) is 0 Å². The molecule has 2 rings (SSSR count). The highest BCUT2D eigenvalue weighted by atomic mass is 16.5. The summed E-state index contributed by atoms with van der Waals surface area (Å²) in [6.45, 7) is 3.56. The molecule has 4 nitrogen and oxygen atoms in total. The Bertz CT molecular complexity index is 447. The maximum atomic E-state index is 11.2. The number of carbonyl (C=O) groups is 1. The van der Waals surface area contributed by atoms with Crippen molar-refractivity contribution in [3.8, 4) is 5.75 Å². The molecule has 0 amide bonds. The summed E-state index contributed by atoms with van der Waals surface area (Å²) in [5.41, 5.74) is 1.19. The van der Waals surface area contributed by atoms with E-state index in [0.717, 1.165) is 25.3 Å². The molecule has 0 spiro atoms. The number of hydrogen-bond donors (Lipinski definition) is 1. The molecule has 0 bridgehead atoms. The van der Waals surface area contributed by atoms with E-state index < -0.39 is 5.97 Å². The lowest BCUT2D eigenvalue weighted by molar-refractivity contribution is -0.143. The maximum absolute atomic E-state index is 11.2. The van der Waals surface area contributed by atoms with Crippen LogP contribution in [0.4, 0.5) is 0 Å². The van der Waals surface area contributed by atoms with Gasteiger partial charge >= 0.3 is 5.97 Å². The molecule has 0 aromatic heterocycles. The minimum Gasteiger partial charge on any atom is -0.496 e. The zero-order valence-corrected chi connectivity index (χ0v) is 11.5. The number of carboxylic acids is 1. The van der Waals surface area contributed by atoms with Gasteiger partial charge in [0.1, 0.15) is 11.8 Å². The number of benzene rings is 1. The van der Waals surface area contributed by atoms with Crippen LogP contribution in [0.2, 0.25) is 0 Å². The number of ether oxygens (including phenoxy) is 1. The molecular formula is C15H21NO3. The average molecular weight is 263 g/mol. The Morgan fingerprint density at radius 3 is 2.89 bits per heavy atom. The highest BCUT2D eigenvalue weighted by Crippen LogP contribution is 2.34. The molecular weight excluding hydrogens is 242 g/mol. The average Bonchev–Trinajstić information content (AvgIpc) is 2.88. The molecule has 1 N–H and O–H groups in total. The number of carboxylic acid groups (broad SMARTS) is 1. The molecule has 1 heterocycles. The van der Waals surface area contributed by atoms with Crippen molar-refractivity contribution in [1.82, 2.24) is 4.90 Å². The van der Waals surface area contributed by atoms with Crippen LogP contribution in [-0.2, 0) is 4.79 Å². The van der Waals surface area contributed by atoms with Crippen molar-refractivity contribution in [2.75, 3.05) is 20.2 Å². The normalized spacial score (nSPS) is 21.3. The fourth-order valence-electron chi connectivity index (χ4n) is 2.92. The first-order valence-electron chi connectivity index (χ1n) is 6.77. The number of nitrogens with zero attached hydrogens (tertiary/aromatic N) is 1. The van der Waals surface area contributed by atoms with E-state index in [1.165, 1.54) is 5.56 Å². The van der Waals surface area contributed by atoms with Crippen molar-refractivity contribution in [2.24, 2.45) is 0 Å². The van der Waals surface area contributed by atoms with E-state index in [2.05, 4.69) is 11.0 Å². The number of hydrogen-bond acceptors (Lipinski definition) is 3. The molecule has 19 heavy (non-hydrogen) atoms. The summed E-state index contributed by atoms with van der Waals surface area (Å²) < 4.78 is 5.39. The molecule has 1 aliphatic heterocycles. The van der Waals surface area contributed by atoms with E-state index in [1.807, 2.05) is 25.1 Å². The zero-order chi connectivity index (χ0) is 13.8. The number of aliphatic carboxylic acids is 1. The van der Waals surface area contributed by atoms with Crippen molar-refractivity contribution >= 4 is 5.97 Å². The highest BCUT2D eigenvalue weighted by Gasteiger charge is 2.32. The Morgan fingerprint density at radius 2 is 2.26 bits per heavy atom. The lowest BCUT2D eigenvalue weighted by Gasteiger charge is -2.23. The summed E-state index contributed by atoms with van der Waals surface area (Å²) in [4.78, 5) is 13.3. The molecule has 2 unspecified atom stereocenters. The van der Waals surface area contributed by atoms with Gasteiger partial charge in [-0.25, -0.2) is 0 Å². The van der Waals surface area contributed by atoms with Crippen molar-refractivity contribution in [3.05, 3.63) is 29.8 Å². The zero-order valence-electron chi connectivity index (χ0n) is 11.5. The standard InChI is InChI=1S/C15H21NO3/c1-3-13(15(17)18)16-9-8-11(10-16)12-6-4-5-7-14(12)19-2/h4-7,11,13H,3,8-10H2,1-2H3,(H,17,18). The van der Waals surface area contributed by atoms with Crippen molar-refractivity contribution in [1.29, 1.82) is 0 Å². The van der Waals surface area contributed by atoms with Crippen molar-refractivity contribution in [3.63, 3.8) is 0 Å². The topological polar surface area (TPSA) is 49.8 Å². The third-order valence-electron chi connectivity index (χ3n) is 3.91. The summed E-state index contributed by atoms with van der Waals surface area (Å²) in [6, 6.07) is 7.65. The van der Waals surface area contributed by atoms with Gasteiger partial charge in [0.05, 0.1) is 7.11 Å². The lowest BCUT2D eigenvalue weighted by atomic mass is 9.97. The first kappa shape index (κ1) is 13.9. The molecule has 104 valence electrons. The molecule has 1 fully saturated rings. The molecule has 1 aliphatic rings. The van der Waals surface area contributed by atoms with Crippen LogP contribution in [0.3, 0.4) is 0 Å². The van der Waals surface area contributed by atoms with Gasteiger partial charge in [0.2, 0.25) is 0 Å². The molecule has 0 saturated carbocycles. The van der Waals surface area contributed by atoms with Gasteiger partial charge in [0.15, 0.2) is 0 Å². The second-order valence-corrected chi connectivity index (χ2v) is 4.98. The molecule has 0 radical (unpaired) electrons. The summed E-state index contributed by atoms with van der Waals surface area (Å²) in [5, 5.41) is 9.22. The largest absolute Gasteiger partial charge is 0.496 e. The first-order chi connectivity index (χ1) is 9.17. The number of methoxy groups -OCH3 is 1. The van der Waals surface area contributed by atoms with Gasteiger partial charge in [-0.1, -0.05) is 25.1 Å². The number of rotatable bonds is 5. The van der Waals surface area contributed by atoms with Crippen LogP contribution in [0, 0.1) is 0 Å². The predicted octanol–water partition coefficient (Wildman–Crippen LogP) is 2.35. The predicted molar refractivity (Wildman–Crippen MR) is 73.6 cm³/mol. The summed E-state index contributed by atoms with van der Waals surface area (Å²) in [6.07, 6.45) is 1.64. The number of likely N-dealkylation sites (tertiary alicyclic amines) is 1. The highest BCUT2D eigenvalue weighted by molar-refractivity contribution is 5.73. The van der Waals surface area contributed by atoms with E-state index in [9.17, 15) is 9.90 Å². The minimum atomic E-state index is -0.719. The minimum absolute atomic E-state index is 0.361. The van der Waals surface area contributed by atoms with Crippen LogP contribution >= 0.6 is 0 Å². The van der Waals surface area contributed by atoms with Crippen LogP contribution in [-0.4, -0.2) is 42.2 Å². The van der Waals surface area contributed by atoms with Crippen LogP contribution < -0.4 is 4.74 Å². The molecule has 4 heteroatoms. The van der Waals surface area contributed by atoms with Gasteiger partial charge in [-0.3, -0.25) is 9.69 Å². The monoisotopic (exact) mass is 263 g/mol. The van der Waals surface area contributed by atoms with Crippen LogP contribution in [0.1, 0.15) is 31.2 Å². The third kappa shape index (κ3) is 2.89. The molecule has 1 aromatic rings. The molecule has 1 saturated heterocycles. The summed E-state index contributed by atoms with van der Waals surface area (Å²) in [7, 11) is 1.68. The molecule has 2 atom stereocenters. The van der Waals surface area contributed by atoms with E-state index in [4.69, 9.17) is 4.74 Å². The SMILES string of the molecule is CCC(C(=O)O)N1CCC(c2ccccc2OC)C1. The second-order valence-electron chi connectivity index (χ2n) is 4.98. The van der Waals surface area contributed by atoms with Gasteiger partial charge in [-0.05, 0) is 31.0 Å². The smallest absolute Gasteiger partial charge is 0.320 e. The van der Waals surface area contributed by atoms with Gasteiger partial charge in [0.25, 0.3) is 0 Å². The quantitative estimate of drug-likeness (QED) is 0.886. The van der Waals surface area contributed by atoms with Crippen molar-refractivity contribution in [2.45, 2.75) is 31.7 Å². The van der Waals surface area contributed by atoms with Gasteiger partial charge in [0, 0.05) is 12.5 Å². The Hall–Kier alpha value is -1.55. The second kappa shape index (κ2) is 6.06. The fourth-order valence-corrected chi connectivity index (χ4v) is 2.92.